The highest BCUT2D eigenvalue weighted by molar-refractivity contribution is 5.74. The summed E-state index contributed by atoms with van der Waals surface area (Å²) < 4.78 is 40.1. The first-order valence-corrected chi connectivity index (χ1v) is 8.98. The van der Waals surface area contributed by atoms with Crippen LogP contribution in [0.15, 0.2) is 36.4 Å². The van der Waals surface area contributed by atoms with E-state index in [2.05, 4.69) is 25.3 Å². The molecule has 3 aromatic heterocycles. The van der Waals surface area contributed by atoms with Crippen molar-refractivity contribution in [3.05, 3.63) is 48.0 Å². The molecule has 4 heterocycles. The van der Waals surface area contributed by atoms with Crippen molar-refractivity contribution in [3.63, 3.8) is 0 Å². The molecule has 0 aliphatic carbocycles. The molecule has 5 rings (SSSR count). The molecule has 0 spiro atoms. The molecule has 1 aliphatic heterocycles. The third-order valence-corrected chi connectivity index (χ3v) is 5.04. The summed E-state index contributed by atoms with van der Waals surface area (Å²) in [5.74, 6) is 0.405. The zero-order chi connectivity index (χ0) is 19.3. The summed E-state index contributed by atoms with van der Waals surface area (Å²) >= 11 is 0. The monoisotopic (exact) mass is 387 g/mol. The predicted molar refractivity (Wildman–Crippen MR) is 96.1 cm³/mol. The van der Waals surface area contributed by atoms with Gasteiger partial charge in [0.05, 0.1) is 11.0 Å². The molecule has 0 radical (unpaired) electrons. The molecule has 10 heteroatoms. The van der Waals surface area contributed by atoms with E-state index < -0.39 is 12.0 Å². The molecule has 1 fully saturated rings. The van der Waals surface area contributed by atoms with Crippen molar-refractivity contribution in [2.24, 2.45) is 0 Å². The average molecular weight is 387 g/mol. The molecule has 1 aliphatic rings. The van der Waals surface area contributed by atoms with Gasteiger partial charge in [-0.3, -0.25) is 0 Å². The van der Waals surface area contributed by atoms with E-state index in [9.17, 15) is 13.2 Å². The van der Waals surface area contributed by atoms with Crippen molar-refractivity contribution in [3.8, 4) is 0 Å². The van der Waals surface area contributed by atoms with Gasteiger partial charge in [-0.15, -0.1) is 15.3 Å². The summed E-state index contributed by atoms with van der Waals surface area (Å²) in [4.78, 5) is 10.0. The lowest BCUT2D eigenvalue weighted by Gasteiger charge is -2.32. The maximum absolute atomic E-state index is 13.1. The standard InChI is InChI=1S/C18H16F3N7/c19-18(20,21)17-25-24-14-7-8-15(26-28(14)17)27-9-3-4-11(10-27)16-22-12-5-1-2-6-13(12)23-16/h1-2,5-8,11H,3-4,9-10H2,(H,22,23)/t11-/m1/s1. The third-order valence-electron chi connectivity index (χ3n) is 5.04. The molecule has 7 nitrogen and oxygen atoms in total. The summed E-state index contributed by atoms with van der Waals surface area (Å²) in [7, 11) is 0. The molecule has 0 bridgehead atoms. The van der Waals surface area contributed by atoms with Gasteiger partial charge in [-0.1, -0.05) is 12.1 Å². The van der Waals surface area contributed by atoms with Gasteiger partial charge in [0, 0.05) is 19.0 Å². The van der Waals surface area contributed by atoms with Crippen LogP contribution < -0.4 is 4.90 Å². The number of H-pyrrole nitrogens is 1. The molecule has 4 aromatic rings. The lowest BCUT2D eigenvalue weighted by molar-refractivity contribution is -0.146. The number of para-hydroxylation sites is 2. The second kappa shape index (κ2) is 6.18. The zero-order valence-electron chi connectivity index (χ0n) is 14.7. The first-order chi connectivity index (χ1) is 13.5. The Bertz CT molecular complexity index is 1110. The minimum atomic E-state index is -4.61. The summed E-state index contributed by atoms with van der Waals surface area (Å²) in [5.41, 5.74) is 1.96. The predicted octanol–water partition coefficient (Wildman–Crippen LogP) is 3.40. The van der Waals surface area contributed by atoms with Crippen LogP contribution in [-0.4, -0.2) is 42.9 Å². The molecular formula is C18H16F3N7. The number of halogens is 3. The fourth-order valence-corrected chi connectivity index (χ4v) is 3.70. The lowest BCUT2D eigenvalue weighted by atomic mass is 9.97. The van der Waals surface area contributed by atoms with E-state index in [0.717, 1.165) is 40.8 Å². The topological polar surface area (TPSA) is 75.0 Å². The van der Waals surface area contributed by atoms with Gasteiger partial charge in [0.15, 0.2) is 5.65 Å². The zero-order valence-corrected chi connectivity index (χ0v) is 14.7. The van der Waals surface area contributed by atoms with Gasteiger partial charge in [-0.05, 0) is 37.1 Å². The van der Waals surface area contributed by atoms with E-state index in [1.165, 1.54) is 6.07 Å². The number of nitrogens with one attached hydrogen (secondary N) is 1. The van der Waals surface area contributed by atoms with Crippen LogP contribution in [0, 0.1) is 0 Å². The van der Waals surface area contributed by atoms with Crippen molar-refractivity contribution in [2.45, 2.75) is 24.9 Å². The molecule has 0 amide bonds. The number of fused-ring (bicyclic) bond motifs is 2. The number of nitrogens with zero attached hydrogens (tertiary/aromatic N) is 6. The summed E-state index contributed by atoms with van der Waals surface area (Å²) in [6.07, 6.45) is -2.75. The third kappa shape index (κ3) is 2.85. The van der Waals surface area contributed by atoms with Crippen LogP contribution in [0.2, 0.25) is 0 Å². The van der Waals surface area contributed by atoms with Crippen LogP contribution in [0.4, 0.5) is 19.0 Å². The summed E-state index contributed by atoms with van der Waals surface area (Å²) in [6.45, 7) is 1.35. The fourth-order valence-electron chi connectivity index (χ4n) is 3.70. The number of aromatic nitrogens is 6. The summed E-state index contributed by atoms with van der Waals surface area (Å²) in [5, 5.41) is 10.9. The molecule has 28 heavy (non-hydrogen) atoms. The van der Waals surface area contributed by atoms with Crippen molar-refractivity contribution in [2.75, 3.05) is 18.0 Å². The fraction of sp³-hybridized carbons (Fsp3) is 0.333. The van der Waals surface area contributed by atoms with Crippen LogP contribution in [0.3, 0.4) is 0 Å². The second-order valence-electron chi connectivity index (χ2n) is 6.91. The van der Waals surface area contributed by atoms with Gasteiger partial charge in [0.2, 0.25) is 0 Å². The minimum Gasteiger partial charge on any atom is -0.354 e. The number of aromatic amines is 1. The highest BCUT2D eigenvalue weighted by atomic mass is 19.4. The smallest absolute Gasteiger partial charge is 0.354 e. The Morgan fingerprint density at radius 1 is 1.07 bits per heavy atom. The molecule has 1 atom stereocenters. The number of rotatable bonds is 2. The number of alkyl halides is 3. The molecule has 144 valence electrons. The molecule has 1 N–H and O–H groups in total. The number of piperidine rings is 1. The van der Waals surface area contributed by atoms with E-state index >= 15 is 0 Å². The van der Waals surface area contributed by atoms with Crippen LogP contribution in [0.5, 0.6) is 0 Å². The van der Waals surface area contributed by atoms with Gasteiger partial charge in [0.1, 0.15) is 11.6 Å². The number of benzene rings is 1. The van der Waals surface area contributed by atoms with Gasteiger partial charge in [0.25, 0.3) is 5.82 Å². The Labute approximate surface area is 157 Å². The number of hydrogen-bond acceptors (Lipinski definition) is 5. The van der Waals surface area contributed by atoms with Crippen LogP contribution >= 0.6 is 0 Å². The SMILES string of the molecule is FC(F)(F)c1nnc2ccc(N3CCC[C@@H](c4nc5ccccc5[nH]4)C3)nn12. The van der Waals surface area contributed by atoms with Gasteiger partial charge in [-0.25, -0.2) is 4.98 Å². The first kappa shape index (κ1) is 17.0. The van der Waals surface area contributed by atoms with Gasteiger partial charge < -0.3 is 9.88 Å². The normalized spacial score (nSPS) is 18.2. The van der Waals surface area contributed by atoms with E-state index in [0.29, 0.717) is 12.4 Å². The van der Waals surface area contributed by atoms with E-state index in [-0.39, 0.29) is 11.6 Å². The minimum absolute atomic E-state index is 0.0712. The summed E-state index contributed by atoms with van der Waals surface area (Å²) in [6, 6.07) is 11.0. The van der Waals surface area contributed by atoms with E-state index in [1.54, 1.807) is 6.07 Å². The van der Waals surface area contributed by atoms with Crippen LogP contribution in [0.25, 0.3) is 16.7 Å². The van der Waals surface area contributed by atoms with Crippen LogP contribution in [-0.2, 0) is 6.18 Å². The Kier molecular flexibility index (Phi) is 3.74. The Morgan fingerprint density at radius 3 is 2.75 bits per heavy atom. The average Bonchev–Trinajstić information content (AvgIpc) is 3.31. The van der Waals surface area contributed by atoms with Crippen molar-refractivity contribution in [1.82, 2.24) is 29.8 Å². The molecule has 1 saturated heterocycles. The molecule has 0 unspecified atom stereocenters. The molecule has 0 saturated carbocycles. The van der Waals surface area contributed by atoms with Crippen molar-refractivity contribution in [1.29, 1.82) is 0 Å². The lowest BCUT2D eigenvalue weighted by Crippen LogP contribution is -2.35. The first-order valence-electron chi connectivity index (χ1n) is 8.98. The number of imidazole rings is 1. The van der Waals surface area contributed by atoms with Crippen LogP contribution in [0.1, 0.15) is 30.4 Å². The van der Waals surface area contributed by atoms with E-state index in [1.807, 2.05) is 29.2 Å². The Morgan fingerprint density at radius 2 is 1.93 bits per heavy atom. The highest BCUT2D eigenvalue weighted by Gasteiger charge is 2.38. The van der Waals surface area contributed by atoms with Crippen molar-refractivity contribution < 1.29 is 13.2 Å². The molecular weight excluding hydrogens is 371 g/mol. The Balaban J connectivity index is 1.46. The van der Waals surface area contributed by atoms with Gasteiger partial charge >= 0.3 is 6.18 Å². The maximum Gasteiger partial charge on any atom is 0.453 e. The highest BCUT2D eigenvalue weighted by Crippen LogP contribution is 2.31. The Hall–Kier alpha value is -3.17. The number of anilines is 1. The van der Waals surface area contributed by atoms with Crippen molar-refractivity contribution >= 4 is 22.5 Å². The molecule has 1 aromatic carbocycles. The van der Waals surface area contributed by atoms with E-state index in [4.69, 9.17) is 0 Å². The quantitative estimate of drug-likeness (QED) is 0.571. The largest absolute Gasteiger partial charge is 0.453 e. The van der Waals surface area contributed by atoms with Gasteiger partial charge in [-0.2, -0.15) is 17.7 Å². The maximum atomic E-state index is 13.1. The number of hydrogen-bond donors (Lipinski definition) is 1. The second-order valence-corrected chi connectivity index (χ2v) is 6.91.